The van der Waals surface area contributed by atoms with Crippen LogP contribution in [0.5, 0.6) is 0 Å². The topological polar surface area (TPSA) is 58.4 Å². The molecular formula is C17H20ClN3O2. The Balaban J connectivity index is 1.79. The summed E-state index contributed by atoms with van der Waals surface area (Å²) >= 11 is 5.97. The highest BCUT2D eigenvalue weighted by molar-refractivity contribution is 6.30. The van der Waals surface area contributed by atoms with Crippen LogP contribution in [-0.2, 0) is 11.3 Å². The molecule has 2 aromatic rings. The predicted molar refractivity (Wildman–Crippen MR) is 88.2 cm³/mol. The van der Waals surface area contributed by atoms with Crippen LogP contribution in [0.15, 0.2) is 28.8 Å². The van der Waals surface area contributed by atoms with E-state index in [-0.39, 0.29) is 18.0 Å². The van der Waals surface area contributed by atoms with Crippen LogP contribution in [0.3, 0.4) is 0 Å². The summed E-state index contributed by atoms with van der Waals surface area (Å²) in [6, 6.07) is 7.72. The normalized spacial score (nSPS) is 21.2. The lowest BCUT2D eigenvalue weighted by Crippen LogP contribution is -2.35. The number of benzene rings is 1. The molecule has 1 aromatic heterocycles. The molecule has 2 atom stereocenters. The average Bonchev–Trinajstić information content (AvgIpc) is 2.99. The lowest BCUT2D eigenvalue weighted by Gasteiger charge is -2.26. The summed E-state index contributed by atoms with van der Waals surface area (Å²) in [5.41, 5.74) is 3.02. The van der Waals surface area contributed by atoms with Gasteiger partial charge in [-0.25, -0.2) is 0 Å². The third kappa shape index (κ3) is 3.12. The molecule has 0 bridgehead atoms. The van der Waals surface area contributed by atoms with Gasteiger partial charge >= 0.3 is 0 Å². The van der Waals surface area contributed by atoms with Gasteiger partial charge in [0, 0.05) is 36.6 Å². The predicted octanol–water partition coefficient (Wildman–Crippen LogP) is 3.01. The maximum absolute atomic E-state index is 12.2. The van der Waals surface area contributed by atoms with Crippen molar-refractivity contribution in [3.05, 3.63) is 51.9 Å². The Morgan fingerprint density at radius 1 is 1.35 bits per heavy atom. The molecule has 5 nitrogen and oxygen atoms in total. The number of carbonyl (C=O) groups is 1. The first-order valence-corrected chi connectivity index (χ1v) is 8.01. The number of likely N-dealkylation sites (N-methyl/N-ethyl adjacent to an activating group) is 1. The van der Waals surface area contributed by atoms with Crippen molar-refractivity contribution in [1.29, 1.82) is 0 Å². The number of amides is 1. The van der Waals surface area contributed by atoms with Crippen LogP contribution in [0.4, 0.5) is 0 Å². The molecule has 0 radical (unpaired) electrons. The average molecular weight is 334 g/mol. The molecule has 3 rings (SSSR count). The minimum atomic E-state index is 0.000221. The Hall–Kier alpha value is -1.85. The molecule has 1 aliphatic rings. The third-order valence-corrected chi connectivity index (χ3v) is 4.77. The van der Waals surface area contributed by atoms with Gasteiger partial charge in [-0.15, -0.1) is 0 Å². The summed E-state index contributed by atoms with van der Waals surface area (Å²) in [7, 11) is 1.85. The van der Waals surface area contributed by atoms with Gasteiger partial charge in [-0.2, -0.15) is 0 Å². The van der Waals surface area contributed by atoms with E-state index in [1.807, 2.05) is 45.2 Å². The first-order chi connectivity index (χ1) is 11.0. The summed E-state index contributed by atoms with van der Waals surface area (Å²) < 4.78 is 5.20. The van der Waals surface area contributed by atoms with E-state index >= 15 is 0 Å². The van der Waals surface area contributed by atoms with Crippen molar-refractivity contribution in [2.75, 3.05) is 7.05 Å². The highest BCUT2D eigenvalue weighted by atomic mass is 35.5. The van der Waals surface area contributed by atoms with Gasteiger partial charge in [0.25, 0.3) is 0 Å². The second kappa shape index (κ2) is 6.34. The van der Waals surface area contributed by atoms with Crippen LogP contribution in [0, 0.1) is 13.8 Å². The zero-order valence-corrected chi connectivity index (χ0v) is 14.2. The number of nitrogens with one attached hydrogen (secondary N) is 1. The zero-order valence-electron chi connectivity index (χ0n) is 13.5. The molecular weight excluding hydrogens is 314 g/mol. The van der Waals surface area contributed by atoms with E-state index < -0.39 is 0 Å². The Morgan fingerprint density at radius 2 is 2.04 bits per heavy atom. The Labute approximate surface area is 140 Å². The molecule has 1 aliphatic heterocycles. The number of halogens is 1. The molecule has 6 heteroatoms. The third-order valence-electron chi connectivity index (χ3n) is 4.52. The first-order valence-electron chi connectivity index (χ1n) is 7.63. The van der Waals surface area contributed by atoms with Crippen LogP contribution in [0.1, 0.15) is 35.0 Å². The van der Waals surface area contributed by atoms with Gasteiger partial charge in [-0.3, -0.25) is 4.79 Å². The standard InChI is InChI=1S/C17H20ClN3O2/c1-10-14(11(2)23-20-10)9-19-15-8-16(22)21(3)17(15)12-4-6-13(18)7-5-12/h4-7,15,17,19H,8-9H2,1-3H3. The summed E-state index contributed by atoms with van der Waals surface area (Å²) in [6.45, 7) is 4.47. The van der Waals surface area contributed by atoms with Crippen LogP contribution in [-0.4, -0.2) is 29.1 Å². The van der Waals surface area contributed by atoms with E-state index in [2.05, 4.69) is 10.5 Å². The van der Waals surface area contributed by atoms with Crippen molar-refractivity contribution in [3.63, 3.8) is 0 Å². The number of aromatic nitrogens is 1. The van der Waals surface area contributed by atoms with Gasteiger partial charge in [-0.1, -0.05) is 28.9 Å². The number of rotatable bonds is 4. The Kier molecular flexibility index (Phi) is 4.41. The Morgan fingerprint density at radius 3 is 2.65 bits per heavy atom. The molecule has 23 heavy (non-hydrogen) atoms. The largest absolute Gasteiger partial charge is 0.361 e. The molecule has 1 N–H and O–H groups in total. The molecule has 1 saturated heterocycles. The van der Waals surface area contributed by atoms with Crippen molar-refractivity contribution >= 4 is 17.5 Å². The molecule has 122 valence electrons. The summed E-state index contributed by atoms with van der Waals surface area (Å²) in [4.78, 5) is 14.0. The van der Waals surface area contributed by atoms with Crippen molar-refractivity contribution < 1.29 is 9.32 Å². The minimum absolute atomic E-state index is 0.000221. The quantitative estimate of drug-likeness (QED) is 0.934. The van der Waals surface area contributed by atoms with Crippen LogP contribution >= 0.6 is 11.6 Å². The number of carbonyl (C=O) groups excluding carboxylic acids is 1. The number of aryl methyl sites for hydroxylation is 2. The van der Waals surface area contributed by atoms with Gasteiger partial charge in [0.05, 0.1) is 11.7 Å². The lowest BCUT2D eigenvalue weighted by molar-refractivity contribution is -0.127. The van der Waals surface area contributed by atoms with Gasteiger partial charge < -0.3 is 14.7 Å². The number of likely N-dealkylation sites (tertiary alicyclic amines) is 1. The van der Waals surface area contributed by atoms with Gasteiger partial charge in [0.1, 0.15) is 5.76 Å². The number of nitrogens with zero attached hydrogens (tertiary/aromatic N) is 2. The van der Waals surface area contributed by atoms with E-state index in [9.17, 15) is 4.79 Å². The molecule has 1 aromatic carbocycles. The second-order valence-electron chi connectivity index (χ2n) is 6.00. The van der Waals surface area contributed by atoms with Crippen molar-refractivity contribution in [3.8, 4) is 0 Å². The second-order valence-corrected chi connectivity index (χ2v) is 6.43. The van der Waals surface area contributed by atoms with E-state index in [1.54, 1.807) is 4.90 Å². The summed E-state index contributed by atoms with van der Waals surface area (Å²) in [5.74, 6) is 0.955. The highest BCUT2D eigenvalue weighted by Crippen LogP contribution is 2.32. The van der Waals surface area contributed by atoms with Crippen molar-refractivity contribution in [2.24, 2.45) is 0 Å². The van der Waals surface area contributed by atoms with E-state index in [0.717, 1.165) is 22.6 Å². The maximum Gasteiger partial charge on any atom is 0.224 e. The highest BCUT2D eigenvalue weighted by Gasteiger charge is 2.38. The molecule has 1 amide bonds. The van der Waals surface area contributed by atoms with Crippen molar-refractivity contribution in [1.82, 2.24) is 15.4 Å². The van der Waals surface area contributed by atoms with E-state index in [0.29, 0.717) is 18.0 Å². The van der Waals surface area contributed by atoms with Gasteiger partial charge in [0.15, 0.2) is 0 Å². The monoisotopic (exact) mass is 333 g/mol. The minimum Gasteiger partial charge on any atom is -0.361 e. The fourth-order valence-corrected chi connectivity index (χ4v) is 3.28. The fraction of sp³-hybridized carbons (Fsp3) is 0.412. The summed E-state index contributed by atoms with van der Waals surface area (Å²) in [6.07, 6.45) is 0.479. The van der Waals surface area contributed by atoms with Gasteiger partial charge in [0.2, 0.25) is 5.91 Å². The Bertz CT molecular complexity index is 692. The molecule has 0 saturated carbocycles. The van der Waals surface area contributed by atoms with Crippen molar-refractivity contribution in [2.45, 2.75) is 38.9 Å². The smallest absolute Gasteiger partial charge is 0.224 e. The SMILES string of the molecule is Cc1noc(C)c1CNC1CC(=O)N(C)C1c1ccc(Cl)cc1. The molecule has 0 spiro atoms. The van der Waals surface area contributed by atoms with Crippen LogP contribution in [0.2, 0.25) is 5.02 Å². The maximum atomic E-state index is 12.2. The summed E-state index contributed by atoms with van der Waals surface area (Å²) in [5, 5.41) is 8.16. The molecule has 2 heterocycles. The first kappa shape index (κ1) is 16.0. The molecule has 1 fully saturated rings. The number of hydrogen-bond acceptors (Lipinski definition) is 4. The number of hydrogen-bond donors (Lipinski definition) is 1. The lowest BCUT2D eigenvalue weighted by atomic mass is 10.00. The van der Waals surface area contributed by atoms with Gasteiger partial charge in [-0.05, 0) is 31.5 Å². The molecule has 0 aliphatic carbocycles. The van der Waals surface area contributed by atoms with E-state index in [4.69, 9.17) is 16.1 Å². The van der Waals surface area contributed by atoms with Crippen LogP contribution < -0.4 is 5.32 Å². The molecule has 2 unspecified atom stereocenters. The fourth-order valence-electron chi connectivity index (χ4n) is 3.16. The van der Waals surface area contributed by atoms with E-state index in [1.165, 1.54) is 0 Å². The zero-order chi connectivity index (χ0) is 16.6. The van der Waals surface area contributed by atoms with Crippen LogP contribution in [0.25, 0.3) is 0 Å².